The van der Waals surface area contributed by atoms with Gasteiger partial charge in [0.1, 0.15) is 5.82 Å². The third kappa shape index (κ3) is 3.91. The van der Waals surface area contributed by atoms with Crippen LogP contribution in [0.4, 0.5) is 4.39 Å². The average Bonchev–Trinajstić information content (AvgIpc) is 2.32. The maximum absolute atomic E-state index is 13.7. The molecule has 1 heterocycles. The lowest BCUT2D eigenvalue weighted by molar-refractivity contribution is 0.0915. The summed E-state index contributed by atoms with van der Waals surface area (Å²) in [6, 6.07) is 4.99. The summed E-state index contributed by atoms with van der Waals surface area (Å²) in [5.74, 6) is -0.781. The molecule has 1 amide bonds. The van der Waals surface area contributed by atoms with E-state index in [2.05, 4.69) is 10.6 Å². The molecule has 1 fully saturated rings. The van der Waals surface area contributed by atoms with E-state index in [9.17, 15) is 9.18 Å². The number of halogens is 2. The highest BCUT2D eigenvalue weighted by atomic mass is 35.5. The van der Waals surface area contributed by atoms with Crippen LogP contribution < -0.4 is 10.6 Å². The molecule has 1 aliphatic rings. The van der Waals surface area contributed by atoms with Gasteiger partial charge in [0.2, 0.25) is 0 Å². The Bertz CT molecular complexity index is 453. The first-order valence-corrected chi connectivity index (χ1v) is 6.38. The van der Waals surface area contributed by atoms with Gasteiger partial charge in [-0.3, -0.25) is 4.79 Å². The topological polar surface area (TPSA) is 41.1 Å². The van der Waals surface area contributed by atoms with Crippen molar-refractivity contribution in [3.05, 3.63) is 35.1 Å². The lowest BCUT2D eigenvalue weighted by Gasteiger charge is -2.30. The largest absolute Gasteiger partial charge is 0.348 e. The zero-order valence-electron chi connectivity index (χ0n) is 11.2. The highest BCUT2D eigenvalue weighted by molar-refractivity contribution is 5.94. The van der Waals surface area contributed by atoms with Crippen LogP contribution in [0.5, 0.6) is 0 Å². The van der Waals surface area contributed by atoms with Gasteiger partial charge in [-0.25, -0.2) is 4.39 Å². The van der Waals surface area contributed by atoms with E-state index in [0.717, 1.165) is 24.9 Å². The molecule has 106 valence electrons. The molecule has 0 bridgehead atoms. The van der Waals surface area contributed by atoms with Crippen molar-refractivity contribution in [1.29, 1.82) is 0 Å². The summed E-state index contributed by atoms with van der Waals surface area (Å²) in [6.07, 6.45) is 1.97. The molecule has 1 saturated heterocycles. The predicted molar refractivity (Wildman–Crippen MR) is 76.3 cm³/mol. The van der Waals surface area contributed by atoms with E-state index in [-0.39, 0.29) is 36.0 Å². The van der Waals surface area contributed by atoms with E-state index >= 15 is 0 Å². The van der Waals surface area contributed by atoms with E-state index in [4.69, 9.17) is 0 Å². The molecule has 0 radical (unpaired) electrons. The number of carbonyl (C=O) groups is 1. The van der Waals surface area contributed by atoms with Gasteiger partial charge >= 0.3 is 0 Å². The van der Waals surface area contributed by atoms with Crippen LogP contribution in [-0.4, -0.2) is 24.5 Å². The van der Waals surface area contributed by atoms with Gasteiger partial charge < -0.3 is 10.6 Å². The monoisotopic (exact) mass is 286 g/mol. The molecule has 0 saturated carbocycles. The number of hydrogen-bond acceptors (Lipinski definition) is 2. The van der Waals surface area contributed by atoms with E-state index in [1.54, 1.807) is 19.1 Å². The van der Waals surface area contributed by atoms with Crippen molar-refractivity contribution in [2.75, 3.05) is 6.54 Å². The van der Waals surface area contributed by atoms with Gasteiger partial charge in [-0.15, -0.1) is 12.4 Å². The summed E-state index contributed by atoms with van der Waals surface area (Å²) in [6.45, 7) is 4.82. The van der Waals surface area contributed by atoms with Crippen LogP contribution in [0.3, 0.4) is 0 Å². The number of carbonyl (C=O) groups excluding carboxylic acids is 1. The van der Waals surface area contributed by atoms with Gasteiger partial charge in [0, 0.05) is 12.1 Å². The molecule has 0 aliphatic carbocycles. The van der Waals surface area contributed by atoms with Crippen molar-refractivity contribution in [3.8, 4) is 0 Å². The fourth-order valence-electron chi connectivity index (χ4n) is 2.29. The molecular formula is C14H20ClFN2O. The minimum Gasteiger partial charge on any atom is -0.348 e. The minimum absolute atomic E-state index is 0. The van der Waals surface area contributed by atoms with Crippen LogP contribution in [0.15, 0.2) is 18.2 Å². The maximum atomic E-state index is 13.7. The fraction of sp³-hybridized carbons (Fsp3) is 0.500. The Morgan fingerprint density at radius 3 is 2.84 bits per heavy atom. The minimum atomic E-state index is -0.455. The van der Waals surface area contributed by atoms with Gasteiger partial charge in [0.05, 0.1) is 5.56 Å². The third-order valence-corrected chi connectivity index (χ3v) is 3.45. The summed E-state index contributed by atoms with van der Waals surface area (Å²) in [5, 5.41) is 6.21. The number of nitrogens with one attached hydrogen (secondary N) is 2. The van der Waals surface area contributed by atoms with Gasteiger partial charge in [0.25, 0.3) is 5.91 Å². The number of benzene rings is 1. The van der Waals surface area contributed by atoms with Crippen molar-refractivity contribution in [2.24, 2.45) is 0 Å². The molecule has 19 heavy (non-hydrogen) atoms. The summed E-state index contributed by atoms with van der Waals surface area (Å²) < 4.78 is 13.7. The quantitative estimate of drug-likeness (QED) is 0.877. The lowest BCUT2D eigenvalue weighted by Crippen LogP contribution is -2.52. The predicted octanol–water partition coefficient (Wildman–Crippen LogP) is 2.43. The summed E-state index contributed by atoms with van der Waals surface area (Å²) in [7, 11) is 0. The Morgan fingerprint density at radius 1 is 1.47 bits per heavy atom. The second kappa shape index (κ2) is 6.87. The molecule has 0 aromatic heterocycles. The van der Waals surface area contributed by atoms with E-state index < -0.39 is 5.82 Å². The summed E-state index contributed by atoms with van der Waals surface area (Å²) in [5.41, 5.74) is 0.940. The molecular weight excluding hydrogens is 267 g/mol. The number of piperidine rings is 1. The first-order chi connectivity index (χ1) is 8.58. The van der Waals surface area contributed by atoms with Crippen LogP contribution in [0.25, 0.3) is 0 Å². The van der Waals surface area contributed by atoms with Crippen LogP contribution in [0.1, 0.15) is 35.7 Å². The van der Waals surface area contributed by atoms with Crippen LogP contribution in [0, 0.1) is 12.7 Å². The van der Waals surface area contributed by atoms with Crippen molar-refractivity contribution in [3.63, 3.8) is 0 Å². The molecule has 3 nitrogen and oxygen atoms in total. The number of amides is 1. The highest BCUT2D eigenvalue weighted by Crippen LogP contribution is 2.13. The van der Waals surface area contributed by atoms with Crippen molar-refractivity contribution in [2.45, 2.75) is 38.8 Å². The Morgan fingerprint density at radius 2 is 2.21 bits per heavy atom. The van der Waals surface area contributed by atoms with Crippen molar-refractivity contribution < 1.29 is 9.18 Å². The number of hydrogen-bond donors (Lipinski definition) is 2. The molecule has 2 N–H and O–H groups in total. The normalized spacial score (nSPS) is 22.5. The Balaban J connectivity index is 0.00000180. The Hall–Kier alpha value is -1.13. The van der Waals surface area contributed by atoms with E-state index in [1.807, 2.05) is 6.92 Å². The molecule has 2 atom stereocenters. The smallest absolute Gasteiger partial charge is 0.254 e. The molecule has 2 rings (SSSR count). The molecule has 5 heteroatoms. The standard InChI is InChI=1S/C14H19FN2O.ClH/c1-9-5-6-11(12(15)8-9)14(18)17-13-4-3-7-16-10(13)2;/h5-6,8,10,13,16H,3-4,7H2,1-2H3,(H,17,18);1H. The van der Waals surface area contributed by atoms with Crippen molar-refractivity contribution >= 4 is 18.3 Å². The number of rotatable bonds is 2. The van der Waals surface area contributed by atoms with Crippen molar-refractivity contribution in [1.82, 2.24) is 10.6 Å². The maximum Gasteiger partial charge on any atom is 0.254 e. The van der Waals surface area contributed by atoms with Crippen LogP contribution >= 0.6 is 12.4 Å². The first kappa shape index (κ1) is 15.9. The molecule has 1 aromatic carbocycles. The second-order valence-electron chi connectivity index (χ2n) is 4.95. The molecule has 0 spiro atoms. The van der Waals surface area contributed by atoms with E-state index in [1.165, 1.54) is 6.07 Å². The first-order valence-electron chi connectivity index (χ1n) is 6.38. The van der Waals surface area contributed by atoms with Gasteiger partial charge in [-0.05, 0) is 50.9 Å². The average molecular weight is 287 g/mol. The van der Waals surface area contributed by atoms with E-state index in [0.29, 0.717) is 0 Å². The lowest BCUT2D eigenvalue weighted by atomic mass is 9.99. The van der Waals surface area contributed by atoms with Gasteiger partial charge in [-0.2, -0.15) is 0 Å². The Kier molecular flexibility index (Phi) is 5.76. The second-order valence-corrected chi connectivity index (χ2v) is 4.95. The fourth-order valence-corrected chi connectivity index (χ4v) is 2.29. The molecule has 1 aromatic rings. The van der Waals surface area contributed by atoms with Gasteiger partial charge in [0.15, 0.2) is 0 Å². The zero-order valence-corrected chi connectivity index (χ0v) is 12.0. The zero-order chi connectivity index (χ0) is 13.1. The van der Waals surface area contributed by atoms with Crippen LogP contribution in [0.2, 0.25) is 0 Å². The third-order valence-electron chi connectivity index (χ3n) is 3.45. The molecule has 2 unspecified atom stereocenters. The highest BCUT2D eigenvalue weighted by Gasteiger charge is 2.23. The van der Waals surface area contributed by atoms with Gasteiger partial charge in [-0.1, -0.05) is 6.07 Å². The summed E-state index contributed by atoms with van der Waals surface area (Å²) in [4.78, 5) is 12.0. The number of aryl methyl sites for hydroxylation is 1. The van der Waals surface area contributed by atoms with Crippen LogP contribution in [-0.2, 0) is 0 Å². The SMILES string of the molecule is Cc1ccc(C(=O)NC2CCCNC2C)c(F)c1.Cl. The summed E-state index contributed by atoms with van der Waals surface area (Å²) >= 11 is 0. The Labute approximate surface area is 119 Å². The molecule has 1 aliphatic heterocycles.